The summed E-state index contributed by atoms with van der Waals surface area (Å²) in [6.07, 6.45) is 5.50. The van der Waals surface area contributed by atoms with Crippen molar-refractivity contribution < 1.29 is 17.9 Å². The molecule has 16 heavy (non-hydrogen) atoms. The summed E-state index contributed by atoms with van der Waals surface area (Å²) in [5, 5.41) is 0. The van der Waals surface area contributed by atoms with E-state index in [1.165, 1.54) is 6.26 Å². The van der Waals surface area contributed by atoms with Crippen molar-refractivity contribution >= 4 is 15.6 Å². The molecule has 0 saturated heterocycles. The van der Waals surface area contributed by atoms with Crippen LogP contribution in [0.5, 0.6) is 0 Å². The molecule has 5 heteroatoms. The van der Waals surface area contributed by atoms with Crippen molar-refractivity contribution in [2.24, 2.45) is 0 Å². The van der Waals surface area contributed by atoms with Gasteiger partial charge in [0.2, 0.25) is 0 Å². The molecule has 0 spiro atoms. The average molecular weight is 248 g/mol. The summed E-state index contributed by atoms with van der Waals surface area (Å²) in [5.41, 5.74) is -0.614. The van der Waals surface area contributed by atoms with Gasteiger partial charge in [-0.1, -0.05) is 0 Å². The molecule has 1 saturated carbocycles. The molecule has 0 radical (unpaired) electrons. The molecule has 0 heterocycles. The van der Waals surface area contributed by atoms with Crippen molar-refractivity contribution in [1.29, 1.82) is 0 Å². The van der Waals surface area contributed by atoms with Crippen LogP contribution in [0.25, 0.3) is 0 Å². The van der Waals surface area contributed by atoms with Crippen LogP contribution in [0, 0.1) is 0 Å². The molecule has 4 nitrogen and oxygen atoms in total. The lowest BCUT2D eigenvalue weighted by Crippen LogP contribution is -2.37. The molecule has 0 atom stereocenters. The van der Waals surface area contributed by atoms with E-state index in [2.05, 4.69) is 0 Å². The topological polar surface area (TPSA) is 60.4 Å². The summed E-state index contributed by atoms with van der Waals surface area (Å²) in [4.78, 5) is 12.0. The molecule has 0 aromatic heterocycles. The molecule has 94 valence electrons. The van der Waals surface area contributed by atoms with Gasteiger partial charge in [0.25, 0.3) is 0 Å². The lowest BCUT2D eigenvalue weighted by atomic mass is 9.93. The van der Waals surface area contributed by atoms with Crippen LogP contribution in [0.2, 0.25) is 0 Å². The number of rotatable bonds is 6. The standard InChI is InChI=1S/C11H20O4S/c1-15-11(7-3-4-8-11)10(12)6-5-9-16(2,13)14/h3-9H2,1-2H3. The summed E-state index contributed by atoms with van der Waals surface area (Å²) >= 11 is 0. The van der Waals surface area contributed by atoms with E-state index in [9.17, 15) is 13.2 Å². The van der Waals surface area contributed by atoms with E-state index in [4.69, 9.17) is 4.74 Å². The van der Waals surface area contributed by atoms with E-state index in [0.717, 1.165) is 25.7 Å². The van der Waals surface area contributed by atoms with Crippen molar-refractivity contribution in [3.8, 4) is 0 Å². The minimum atomic E-state index is -2.96. The van der Waals surface area contributed by atoms with Crippen LogP contribution >= 0.6 is 0 Å². The largest absolute Gasteiger partial charge is 0.370 e. The second-order valence-corrected chi connectivity index (χ2v) is 6.82. The minimum Gasteiger partial charge on any atom is -0.370 e. The molecule has 1 fully saturated rings. The second-order valence-electron chi connectivity index (χ2n) is 4.56. The fraction of sp³-hybridized carbons (Fsp3) is 0.909. The zero-order valence-corrected chi connectivity index (χ0v) is 10.8. The van der Waals surface area contributed by atoms with Crippen LogP contribution in [-0.2, 0) is 19.4 Å². The molecule has 0 N–H and O–H groups in total. The Morgan fingerprint density at radius 3 is 2.31 bits per heavy atom. The van der Waals surface area contributed by atoms with Crippen molar-refractivity contribution in [2.75, 3.05) is 19.1 Å². The maximum absolute atomic E-state index is 12.0. The van der Waals surface area contributed by atoms with Gasteiger partial charge < -0.3 is 4.74 Å². The summed E-state index contributed by atoms with van der Waals surface area (Å²) < 4.78 is 27.2. The van der Waals surface area contributed by atoms with E-state index in [-0.39, 0.29) is 11.5 Å². The summed E-state index contributed by atoms with van der Waals surface area (Å²) in [6, 6.07) is 0. The molecule has 1 rings (SSSR count). The number of Topliss-reactive ketones (excluding diaryl/α,β-unsaturated/α-hetero) is 1. The van der Waals surface area contributed by atoms with E-state index in [0.29, 0.717) is 12.8 Å². The first-order valence-electron chi connectivity index (χ1n) is 5.66. The van der Waals surface area contributed by atoms with Gasteiger partial charge >= 0.3 is 0 Å². The third-order valence-corrected chi connectivity index (χ3v) is 4.26. The Hall–Kier alpha value is -0.420. The highest BCUT2D eigenvalue weighted by molar-refractivity contribution is 7.90. The van der Waals surface area contributed by atoms with Crippen molar-refractivity contribution in [2.45, 2.75) is 44.1 Å². The van der Waals surface area contributed by atoms with Crippen molar-refractivity contribution in [3.05, 3.63) is 0 Å². The monoisotopic (exact) mass is 248 g/mol. The molecule has 0 aromatic carbocycles. The number of carbonyl (C=O) groups excluding carboxylic acids is 1. The van der Waals surface area contributed by atoms with Crippen molar-refractivity contribution in [1.82, 2.24) is 0 Å². The molecular weight excluding hydrogens is 228 g/mol. The van der Waals surface area contributed by atoms with Gasteiger partial charge in [0.05, 0.1) is 5.75 Å². The highest BCUT2D eigenvalue weighted by Crippen LogP contribution is 2.34. The van der Waals surface area contributed by atoms with E-state index >= 15 is 0 Å². The molecular formula is C11H20O4S. The smallest absolute Gasteiger partial charge is 0.164 e. The Morgan fingerprint density at radius 1 is 1.31 bits per heavy atom. The van der Waals surface area contributed by atoms with Crippen LogP contribution in [-0.4, -0.2) is 38.9 Å². The number of sulfone groups is 1. The highest BCUT2D eigenvalue weighted by atomic mass is 32.2. The number of carbonyl (C=O) groups is 1. The number of ketones is 1. The average Bonchev–Trinajstić information content (AvgIpc) is 2.65. The fourth-order valence-corrected chi connectivity index (χ4v) is 2.93. The minimum absolute atomic E-state index is 0.0659. The van der Waals surface area contributed by atoms with Gasteiger partial charge in [0, 0.05) is 19.8 Å². The molecule has 0 amide bonds. The Balaban J connectivity index is 2.45. The molecule has 0 aliphatic heterocycles. The van der Waals surface area contributed by atoms with Crippen LogP contribution in [0.1, 0.15) is 38.5 Å². The van der Waals surface area contributed by atoms with Crippen LogP contribution in [0.4, 0.5) is 0 Å². The third-order valence-electron chi connectivity index (χ3n) is 3.23. The first-order valence-corrected chi connectivity index (χ1v) is 7.72. The third kappa shape index (κ3) is 3.56. The SMILES string of the molecule is COC1(C(=O)CCCS(C)(=O)=O)CCCC1. The van der Waals surface area contributed by atoms with Gasteiger partial charge in [-0.15, -0.1) is 0 Å². The lowest BCUT2D eigenvalue weighted by Gasteiger charge is -2.25. The Morgan fingerprint density at radius 2 is 1.88 bits per heavy atom. The number of ether oxygens (including phenoxy) is 1. The maximum atomic E-state index is 12.0. The van der Waals surface area contributed by atoms with Crippen LogP contribution in [0.3, 0.4) is 0 Å². The first kappa shape index (κ1) is 13.6. The number of methoxy groups -OCH3 is 1. The number of hydrogen-bond donors (Lipinski definition) is 0. The summed E-state index contributed by atoms with van der Waals surface area (Å²) in [5.74, 6) is 0.148. The molecule has 1 aliphatic carbocycles. The zero-order valence-electron chi connectivity index (χ0n) is 9.99. The quantitative estimate of drug-likeness (QED) is 0.711. The van der Waals surface area contributed by atoms with Gasteiger partial charge in [-0.25, -0.2) is 8.42 Å². The van der Waals surface area contributed by atoms with Gasteiger partial charge in [-0.05, 0) is 32.1 Å². The fourth-order valence-electron chi connectivity index (χ4n) is 2.27. The molecule has 0 unspecified atom stereocenters. The van der Waals surface area contributed by atoms with E-state index in [1.54, 1.807) is 7.11 Å². The maximum Gasteiger partial charge on any atom is 0.164 e. The van der Waals surface area contributed by atoms with Crippen LogP contribution in [0.15, 0.2) is 0 Å². The Kier molecular flexibility index (Phi) is 4.50. The number of hydrogen-bond acceptors (Lipinski definition) is 4. The summed E-state index contributed by atoms with van der Waals surface area (Å²) in [6.45, 7) is 0. The summed E-state index contributed by atoms with van der Waals surface area (Å²) in [7, 11) is -1.39. The van der Waals surface area contributed by atoms with Gasteiger partial charge in [-0.3, -0.25) is 4.79 Å². The molecule has 0 bridgehead atoms. The van der Waals surface area contributed by atoms with Gasteiger partial charge in [0.1, 0.15) is 15.4 Å². The second kappa shape index (κ2) is 5.27. The molecule has 0 aromatic rings. The first-order chi connectivity index (χ1) is 7.40. The van der Waals surface area contributed by atoms with Gasteiger partial charge in [0.15, 0.2) is 5.78 Å². The lowest BCUT2D eigenvalue weighted by molar-refractivity contribution is -0.140. The Labute approximate surface area is 97.3 Å². The van der Waals surface area contributed by atoms with Gasteiger partial charge in [-0.2, -0.15) is 0 Å². The van der Waals surface area contributed by atoms with Crippen molar-refractivity contribution in [3.63, 3.8) is 0 Å². The zero-order chi connectivity index (χ0) is 12.2. The predicted molar refractivity (Wildman–Crippen MR) is 62.2 cm³/mol. The van der Waals surface area contributed by atoms with E-state index in [1.807, 2.05) is 0 Å². The Bertz CT molecular complexity index is 339. The highest BCUT2D eigenvalue weighted by Gasteiger charge is 2.40. The predicted octanol–water partition coefficient (Wildman–Crippen LogP) is 1.34. The van der Waals surface area contributed by atoms with E-state index < -0.39 is 15.4 Å². The van der Waals surface area contributed by atoms with Crippen LogP contribution < -0.4 is 0 Å². The molecule has 1 aliphatic rings. The normalized spacial score (nSPS) is 19.9.